The molecule has 1 fully saturated rings. The highest BCUT2D eigenvalue weighted by Gasteiger charge is 2.34. The first kappa shape index (κ1) is 14.7. The second-order valence-corrected chi connectivity index (χ2v) is 7.22. The minimum absolute atomic E-state index is 0.0254. The molecular formula is C12H17N3O4S. The van der Waals surface area contributed by atoms with E-state index < -0.39 is 15.8 Å². The molecule has 1 aliphatic rings. The molecule has 2 heterocycles. The van der Waals surface area contributed by atoms with E-state index >= 15 is 0 Å². The lowest BCUT2D eigenvalue weighted by atomic mass is 10.2. The van der Waals surface area contributed by atoms with Gasteiger partial charge in [-0.1, -0.05) is 0 Å². The van der Waals surface area contributed by atoms with Crippen LogP contribution in [0.5, 0.6) is 0 Å². The number of aryl methyl sites for hydroxylation is 2. The summed E-state index contributed by atoms with van der Waals surface area (Å²) in [6.45, 7) is 3.25. The molecule has 0 spiro atoms. The molecule has 0 radical (unpaired) electrons. The molecule has 0 saturated carbocycles. The summed E-state index contributed by atoms with van der Waals surface area (Å²) in [6, 6.07) is 1.34. The summed E-state index contributed by atoms with van der Waals surface area (Å²) in [5, 5.41) is 9.04. The Labute approximate surface area is 117 Å². The molecular weight excluding hydrogens is 282 g/mol. The molecule has 1 unspecified atom stereocenters. The predicted molar refractivity (Wildman–Crippen MR) is 73.5 cm³/mol. The van der Waals surface area contributed by atoms with Crippen LogP contribution in [-0.4, -0.2) is 53.6 Å². The zero-order valence-electron chi connectivity index (χ0n) is 11.4. The molecule has 0 amide bonds. The highest BCUT2D eigenvalue weighted by Crippen LogP contribution is 2.23. The van der Waals surface area contributed by atoms with Gasteiger partial charge in [-0.2, -0.15) is 0 Å². The van der Waals surface area contributed by atoms with Gasteiger partial charge in [-0.3, -0.25) is 4.79 Å². The number of aliphatic carboxylic acids is 1. The van der Waals surface area contributed by atoms with Crippen LogP contribution in [0.2, 0.25) is 0 Å². The number of rotatable bonds is 4. The normalized spacial score (nSPS) is 20.8. The van der Waals surface area contributed by atoms with Gasteiger partial charge in [0.05, 0.1) is 11.5 Å². The molecule has 0 aliphatic carbocycles. The third-order valence-electron chi connectivity index (χ3n) is 3.20. The third kappa shape index (κ3) is 3.44. The van der Waals surface area contributed by atoms with Crippen molar-refractivity contribution < 1.29 is 18.3 Å². The van der Waals surface area contributed by atoms with Crippen LogP contribution in [0.1, 0.15) is 17.9 Å². The molecule has 0 aromatic carbocycles. The lowest BCUT2D eigenvalue weighted by molar-refractivity contribution is -0.135. The maximum absolute atomic E-state index is 11.6. The molecule has 0 bridgehead atoms. The van der Waals surface area contributed by atoms with Crippen LogP contribution in [0.25, 0.3) is 0 Å². The summed E-state index contributed by atoms with van der Waals surface area (Å²) in [7, 11) is -3.08. The first-order valence-corrected chi connectivity index (χ1v) is 8.10. The molecule has 7 nitrogen and oxygen atoms in total. The van der Waals surface area contributed by atoms with Crippen molar-refractivity contribution >= 4 is 21.6 Å². The van der Waals surface area contributed by atoms with E-state index in [1.807, 2.05) is 0 Å². The van der Waals surface area contributed by atoms with Crippen LogP contribution >= 0.6 is 0 Å². The van der Waals surface area contributed by atoms with E-state index in [2.05, 4.69) is 9.97 Å². The quantitative estimate of drug-likeness (QED) is 0.845. The molecule has 1 aromatic heterocycles. The molecule has 1 N–H and O–H groups in total. The summed E-state index contributed by atoms with van der Waals surface area (Å²) in [5.41, 5.74) is 0.726. The molecule has 110 valence electrons. The summed E-state index contributed by atoms with van der Waals surface area (Å²) in [6.07, 6.45) is 0.428. The van der Waals surface area contributed by atoms with Gasteiger partial charge in [-0.25, -0.2) is 18.4 Å². The monoisotopic (exact) mass is 299 g/mol. The van der Waals surface area contributed by atoms with Gasteiger partial charge in [0, 0.05) is 17.8 Å². The van der Waals surface area contributed by atoms with Gasteiger partial charge < -0.3 is 10.0 Å². The number of carboxylic acid groups (broad SMARTS) is 1. The Bertz CT molecular complexity index is 609. The average Bonchev–Trinajstić information content (AvgIpc) is 2.64. The second kappa shape index (κ2) is 5.35. The Balaban J connectivity index is 2.34. The van der Waals surface area contributed by atoms with Crippen molar-refractivity contribution in [2.75, 3.05) is 23.0 Å². The number of aromatic nitrogens is 2. The van der Waals surface area contributed by atoms with E-state index in [1.165, 1.54) is 0 Å². The summed E-state index contributed by atoms with van der Waals surface area (Å²) in [5.74, 6) is 0.0677. The van der Waals surface area contributed by atoms with Gasteiger partial charge in [-0.15, -0.1) is 0 Å². The van der Waals surface area contributed by atoms with Gasteiger partial charge in [0.1, 0.15) is 18.2 Å². The van der Waals surface area contributed by atoms with Crippen molar-refractivity contribution in [2.45, 2.75) is 26.3 Å². The highest BCUT2D eigenvalue weighted by atomic mass is 32.2. The lowest BCUT2D eigenvalue weighted by Gasteiger charge is -2.27. The van der Waals surface area contributed by atoms with Crippen molar-refractivity contribution in [3.8, 4) is 0 Å². The third-order valence-corrected chi connectivity index (χ3v) is 4.95. The van der Waals surface area contributed by atoms with Crippen LogP contribution in [-0.2, 0) is 14.6 Å². The number of nitrogens with zero attached hydrogens (tertiary/aromatic N) is 3. The van der Waals surface area contributed by atoms with E-state index in [0.29, 0.717) is 18.1 Å². The number of sulfone groups is 1. The standard InChI is InChI=1S/C12H17N3O4S/c1-8-5-11(14-9(2)13-8)15(6-12(16)17)10-3-4-20(18,19)7-10/h5,10H,3-4,6-7H2,1-2H3,(H,16,17). The van der Waals surface area contributed by atoms with E-state index in [1.54, 1.807) is 24.8 Å². The molecule has 8 heteroatoms. The Hall–Kier alpha value is -1.70. The Morgan fingerprint density at radius 3 is 2.65 bits per heavy atom. The van der Waals surface area contributed by atoms with Crippen LogP contribution in [0.3, 0.4) is 0 Å². The predicted octanol–water partition coefficient (Wildman–Crippen LogP) is 0.172. The zero-order valence-corrected chi connectivity index (χ0v) is 12.2. The topological polar surface area (TPSA) is 100 Å². The molecule has 1 saturated heterocycles. The van der Waals surface area contributed by atoms with Crippen molar-refractivity contribution in [1.29, 1.82) is 0 Å². The summed E-state index contributed by atoms with van der Waals surface area (Å²) >= 11 is 0. The summed E-state index contributed by atoms with van der Waals surface area (Å²) in [4.78, 5) is 21.0. The van der Waals surface area contributed by atoms with Crippen LogP contribution in [0.4, 0.5) is 5.82 Å². The lowest BCUT2D eigenvalue weighted by Crippen LogP contribution is -2.40. The van der Waals surface area contributed by atoms with Crippen LogP contribution in [0.15, 0.2) is 6.07 Å². The number of anilines is 1. The van der Waals surface area contributed by atoms with Crippen molar-refractivity contribution in [2.24, 2.45) is 0 Å². The van der Waals surface area contributed by atoms with Crippen molar-refractivity contribution in [3.05, 3.63) is 17.6 Å². The van der Waals surface area contributed by atoms with Crippen LogP contribution in [0, 0.1) is 13.8 Å². The zero-order chi connectivity index (χ0) is 14.9. The van der Waals surface area contributed by atoms with E-state index in [-0.39, 0.29) is 24.1 Å². The van der Waals surface area contributed by atoms with Gasteiger partial charge in [0.25, 0.3) is 0 Å². The smallest absolute Gasteiger partial charge is 0.323 e. The van der Waals surface area contributed by atoms with E-state index in [9.17, 15) is 13.2 Å². The number of carbonyl (C=O) groups is 1. The maximum atomic E-state index is 11.6. The van der Waals surface area contributed by atoms with Crippen molar-refractivity contribution in [1.82, 2.24) is 9.97 Å². The minimum Gasteiger partial charge on any atom is -0.480 e. The fourth-order valence-corrected chi connectivity index (χ4v) is 4.14. The molecule has 1 aliphatic heterocycles. The number of hydrogen-bond acceptors (Lipinski definition) is 6. The largest absolute Gasteiger partial charge is 0.480 e. The first-order chi connectivity index (χ1) is 9.27. The van der Waals surface area contributed by atoms with Gasteiger partial charge in [-0.05, 0) is 20.3 Å². The minimum atomic E-state index is -3.08. The fraction of sp³-hybridized carbons (Fsp3) is 0.583. The Morgan fingerprint density at radius 1 is 1.45 bits per heavy atom. The van der Waals surface area contributed by atoms with E-state index in [4.69, 9.17) is 5.11 Å². The molecule has 1 atom stereocenters. The Kier molecular flexibility index (Phi) is 3.94. The van der Waals surface area contributed by atoms with Crippen molar-refractivity contribution in [3.63, 3.8) is 0 Å². The second-order valence-electron chi connectivity index (χ2n) is 4.99. The number of hydrogen-bond donors (Lipinski definition) is 1. The molecule has 2 rings (SSSR count). The van der Waals surface area contributed by atoms with Gasteiger partial charge in [0.15, 0.2) is 9.84 Å². The van der Waals surface area contributed by atoms with E-state index in [0.717, 1.165) is 5.69 Å². The fourth-order valence-electron chi connectivity index (χ4n) is 2.41. The first-order valence-electron chi connectivity index (χ1n) is 6.28. The number of carboxylic acids is 1. The van der Waals surface area contributed by atoms with Gasteiger partial charge in [0.2, 0.25) is 0 Å². The molecule has 20 heavy (non-hydrogen) atoms. The van der Waals surface area contributed by atoms with Gasteiger partial charge >= 0.3 is 5.97 Å². The average molecular weight is 299 g/mol. The maximum Gasteiger partial charge on any atom is 0.323 e. The highest BCUT2D eigenvalue weighted by molar-refractivity contribution is 7.91. The summed E-state index contributed by atoms with van der Waals surface area (Å²) < 4.78 is 23.2. The Morgan fingerprint density at radius 2 is 2.15 bits per heavy atom. The van der Waals surface area contributed by atoms with Crippen LogP contribution < -0.4 is 4.90 Å². The molecule has 1 aromatic rings. The SMILES string of the molecule is Cc1cc(N(CC(=O)O)C2CCS(=O)(=O)C2)nc(C)n1.